The Balaban J connectivity index is 2.41. The van der Waals surface area contributed by atoms with E-state index in [1.807, 2.05) is 19.9 Å². The molecule has 0 radical (unpaired) electrons. The molecule has 0 aliphatic heterocycles. The Morgan fingerprint density at radius 2 is 2.05 bits per heavy atom. The molecule has 19 heavy (non-hydrogen) atoms. The third-order valence-corrected chi connectivity index (χ3v) is 2.95. The first-order valence-corrected chi connectivity index (χ1v) is 6.19. The number of rotatable bonds is 3. The van der Waals surface area contributed by atoms with Crippen molar-refractivity contribution in [2.24, 2.45) is 5.73 Å². The van der Waals surface area contributed by atoms with E-state index in [0.29, 0.717) is 22.1 Å². The Hall–Kier alpha value is -2.01. The van der Waals surface area contributed by atoms with Crippen LogP contribution < -0.4 is 11.1 Å². The number of hydrogen-bond acceptors (Lipinski definition) is 3. The van der Waals surface area contributed by atoms with Crippen molar-refractivity contribution in [1.29, 1.82) is 0 Å². The van der Waals surface area contributed by atoms with Crippen molar-refractivity contribution in [1.82, 2.24) is 4.98 Å². The lowest BCUT2D eigenvalue weighted by Crippen LogP contribution is -2.11. The molecular weight excluding hydrogens is 261 g/mol. The molecule has 2 aromatic rings. The van der Waals surface area contributed by atoms with Crippen LogP contribution in [0.3, 0.4) is 0 Å². The van der Waals surface area contributed by atoms with Crippen LogP contribution in [0.15, 0.2) is 30.3 Å². The van der Waals surface area contributed by atoms with Gasteiger partial charge in [0, 0.05) is 11.3 Å². The molecule has 0 aliphatic carbocycles. The quantitative estimate of drug-likeness (QED) is 0.845. The number of halogens is 1. The number of nitrogens with one attached hydrogen (secondary N) is 1. The van der Waals surface area contributed by atoms with E-state index in [9.17, 15) is 4.39 Å². The number of hydrogen-bond donors (Lipinski definition) is 2. The molecule has 0 bridgehead atoms. The molecule has 1 aromatic heterocycles. The highest BCUT2D eigenvalue weighted by Gasteiger charge is 2.08. The lowest BCUT2D eigenvalue weighted by molar-refractivity contribution is 0.631. The summed E-state index contributed by atoms with van der Waals surface area (Å²) in [6, 6.07) is 8.40. The summed E-state index contributed by atoms with van der Waals surface area (Å²) >= 11 is 4.95. The summed E-state index contributed by atoms with van der Waals surface area (Å²) in [6.07, 6.45) is 0. The highest BCUT2D eigenvalue weighted by Crippen LogP contribution is 2.23. The molecule has 98 valence electrons. The Morgan fingerprint density at radius 1 is 1.32 bits per heavy atom. The second-order valence-corrected chi connectivity index (χ2v) is 4.74. The third-order valence-electron chi connectivity index (χ3n) is 2.71. The number of aromatic nitrogens is 1. The van der Waals surface area contributed by atoms with Crippen molar-refractivity contribution >= 4 is 28.7 Å². The molecular formula is C14H14FN3S. The van der Waals surface area contributed by atoms with Crippen LogP contribution in [-0.4, -0.2) is 9.97 Å². The third kappa shape index (κ3) is 3.06. The van der Waals surface area contributed by atoms with Crippen LogP contribution in [0.5, 0.6) is 0 Å². The van der Waals surface area contributed by atoms with Crippen molar-refractivity contribution in [3.63, 3.8) is 0 Å². The van der Waals surface area contributed by atoms with Gasteiger partial charge in [0.2, 0.25) is 0 Å². The molecule has 0 atom stereocenters. The first-order valence-electron chi connectivity index (χ1n) is 5.78. The van der Waals surface area contributed by atoms with E-state index in [-0.39, 0.29) is 5.82 Å². The predicted molar refractivity (Wildman–Crippen MR) is 79.3 cm³/mol. The summed E-state index contributed by atoms with van der Waals surface area (Å²) in [5, 5.41) is 2.98. The molecule has 3 nitrogen and oxygen atoms in total. The second-order valence-electron chi connectivity index (χ2n) is 4.30. The van der Waals surface area contributed by atoms with Gasteiger partial charge in [-0.1, -0.05) is 24.4 Å². The Labute approximate surface area is 116 Å². The molecule has 1 heterocycles. The summed E-state index contributed by atoms with van der Waals surface area (Å²) in [7, 11) is 0. The average Bonchev–Trinajstić information content (AvgIpc) is 2.33. The number of thiocarbonyl (C=S) groups is 1. The van der Waals surface area contributed by atoms with Gasteiger partial charge in [0.05, 0.1) is 5.69 Å². The molecule has 0 saturated heterocycles. The first kappa shape index (κ1) is 13.4. The number of aryl methyl sites for hydroxylation is 2. The van der Waals surface area contributed by atoms with E-state index in [1.54, 1.807) is 18.2 Å². The summed E-state index contributed by atoms with van der Waals surface area (Å²) in [5.41, 5.74) is 8.30. The summed E-state index contributed by atoms with van der Waals surface area (Å²) in [6.45, 7) is 3.66. The van der Waals surface area contributed by atoms with Gasteiger partial charge >= 0.3 is 0 Å². The largest absolute Gasteiger partial charge is 0.389 e. The minimum absolute atomic E-state index is 0.291. The summed E-state index contributed by atoms with van der Waals surface area (Å²) in [4.78, 5) is 4.59. The highest BCUT2D eigenvalue weighted by atomic mass is 32.1. The molecule has 3 N–H and O–H groups in total. The molecule has 5 heteroatoms. The number of pyridine rings is 1. The van der Waals surface area contributed by atoms with Gasteiger partial charge in [-0.2, -0.15) is 0 Å². The minimum Gasteiger partial charge on any atom is -0.389 e. The topological polar surface area (TPSA) is 50.9 Å². The van der Waals surface area contributed by atoms with Gasteiger partial charge in [0.1, 0.15) is 16.6 Å². The van der Waals surface area contributed by atoms with Gasteiger partial charge in [-0.3, -0.25) is 0 Å². The maximum absolute atomic E-state index is 13.8. The molecule has 0 aliphatic rings. The van der Waals surface area contributed by atoms with E-state index in [2.05, 4.69) is 10.3 Å². The van der Waals surface area contributed by atoms with Gasteiger partial charge in [-0.15, -0.1) is 0 Å². The maximum Gasteiger partial charge on any atom is 0.146 e. The SMILES string of the molecule is Cc1cc(C(N)=S)cc(Nc2c(C)cccc2F)n1. The molecule has 0 unspecified atom stereocenters. The zero-order valence-corrected chi connectivity index (χ0v) is 11.5. The van der Waals surface area contributed by atoms with Crippen molar-refractivity contribution in [2.75, 3.05) is 5.32 Å². The van der Waals surface area contributed by atoms with E-state index < -0.39 is 0 Å². The smallest absolute Gasteiger partial charge is 0.146 e. The number of benzene rings is 1. The predicted octanol–water partition coefficient (Wildman–Crippen LogP) is 3.22. The van der Waals surface area contributed by atoms with E-state index in [1.165, 1.54) is 6.07 Å². The second kappa shape index (κ2) is 5.32. The van der Waals surface area contributed by atoms with Crippen molar-refractivity contribution in [3.8, 4) is 0 Å². The number of nitrogens with zero attached hydrogens (tertiary/aromatic N) is 1. The fourth-order valence-electron chi connectivity index (χ4n) is 1.79. The summed E-state index contributed by atoms with van der Waals surface area (Å²) in [5.74, 6) is 0.205. The van der Waals surface area contributed by atoms with Crippen LogP contribution in [-0.2, 0) is 0 Å². The molecule has 2 rings (SSSR count). The number of anilines is 2. The van der Waals surface area contributed by atoms with E-state index in [4.69, 9.17) is 18.0 Å². The number of para-hydroxylation sites is 1. The molecule has 0 saturated carbocycles. The minimum atomic E-state index is -0.319. The van der Waals surface area contributed by atoms with Crippen LogP contribution in [0.2, 0.25) is 0 Å². The Kier molecular flexibility index (Phi) is 3.76. The molecule has 0 amide bonds. The van der Waals surface area contributed by atoms with Crippen molar-refractivity contribution < 1.29 is 4.39 Å². The van der Waals surface area contributed by atoms with Crippen molar-refractivity contribution in [3.05, 3.63) is 53.0 Å². The van der Waals surface area contributed by atoms with E-state index in [0.717, 1.165) is 11.3 Å². The van der Waals surface area contributed by atoms with Gasteiger partial charge in [0.25, 0.3) is 0 Å². The molecule has 0 spiro atoms. The fourth-order valence-corrected chi connectivity index (χ4v) is 1.91. The average molecular weight is 275 g/mol. The van der Waals surface area contributed by atoms with Crippen LogP contribution in [0.1, 0.15) is 16.8 Å². The van der Waals surface area contributed by atoms with Gasteiger partial charge in [0.15, 0.2) is 0 Å². The van der Waals surface area contributed by atoms with Gasteiger partial charge in [-0.25, -0.2) is 9.37 Å². The fraction of sp³-hybridized carbons (Fsp3) is 0.143. The van der Waals surface area contributed by atoms with E-state index >= 15 is 0 Å². The Bertz CT molecular complexity index is 620. The standard InChI is InChI=1S/C14H14FN3S/c1-8-4-3-5-11(15)13(8)18-12-7-10(14(16)19)6-9(2)17-12/h3-7H,1-2H3,(H2,16,19)(H,17,18). The molecule has 0 fully saturated rings. The lowest BCUT2D eigenvalue weighted by atomic mass is 10.2. The van der Waals surface area contributed by atoms with Crippen LogP contribution in [0, 0.1) is 19.7 Å². The van der Waals surface area contributed by atoms with Crippen LogP contribution >= 0.6 is 12.2 Å². The van der Waals surface area contributed by atoms with Gasteiger partial charge in [-0.05, 0) is 37.6 Å². The monoisotopic (exact) mass is 275 g/mol. The normalized spacial score (nSPS) is 10.3. The lowest BCUT2D eigenvalue weighted by Gasteiger charge is -2.11. The van der Waals surface area contributed by atoms with Crippen molar-refractivity contribution in [2.45, 2.75) is 13.8 Å². The highest BCUT2D eigenvalue weighted by molar-refractivity contribution is 7.80. The number of nitrogens with two attached hydrogens (primary N) is 1. The zero-order chi connectivity index (χ0) is 14.0. The Morgan fingerprint density at radius 3 is 2.68 bits per heavy atom. The first-order chi connectivity index (χ1) is 8.97. The van der Waals surface area contributed by atoms with Gasteiger partial charge < -0.3 is 11.1 Å². The zero-order valence-electron chi connectivity index (χ0n) is 10.7. The molecule has 1 aromatic carbocycles. The maximum atomic E-state index is 13.8. The van der Waals surface area contributed by atoms with Crippen LogP contribution in [0.25, 0.3) is 0 Å². The summed E-state index contributed by atoms with van der Waals surface area (Å²) < 4.78 is 13.8. The van der Waals surface area contributed by atoms with Crippen LogP contribution in [0.4, 0.5) is 15.9 Å².